The Hall–Kier alpha value is -2.26. The number of hydrogen-bond acceptors (Lipinski definition) is 4. The van der Waals surface area contributed by atoms with Gasteiger partial charge in [0.1, 0.15) is 23.2 Å². The van der Waals surface area contributed by atoms with Crippen molar-refractivity contribution >= 4 is 23.2 Å². The first kappa shape index (κ1) is 22.0. The van der Waals surface area contributed by atoms with E-state index < -0.39 is 7.26 Å². The highest BCUT2D eigenvalue weighted by Crippen LogP contribution is 2.59. The Bertz CT molecular complexity index is 801. The molecule has 0 saturated carbocycles. The minimum atomic E-state index is -2.52. The summed E-state index contributed by atoms with van der Waals surface area (Å²) in [7, 11) is 2.43. The monoisotopic (exact) mass is 418 g/mol. The lowest BCUT2D eigenvalue weighted by Crippen LogP contribution is -3.00. The molecule has 28 heavy (non-hydrogen) atoms. The lowest BCUT2D eigenvalue weighted by atomic mass is 10.3. The highest BCUT2D eigenvalue weighted by Gasteiger charge is 2.51. The maximum Gasteiger partial charge on any atom is 0.168 e. The molecule has 0 aliphatic carbocycles. The van der Waals surface area contributed by atoms with Crippen molar-refractivity contribution in [2.24, 2.45) is 0 Å². The molecule has 0 aliphatic rings. The quantitative estimate of drug-likeness (QED) is 0.547. The number of halogens is 1. The number of para-hydroxylation sites is 3. The Morgan fingerprint density at radius 2 is 0.893 bits per heavy atom. The lowest BCUT2D eigenvalue weighted by molar-refractivity contribution is -0.00000700. The van der Waals surface area contributed by atoms with Crippen molar-refractivity contribution in [3.63, 3.8) is 0 Å². The van der Waals surface area contributed by atoms with Gasteiger partial charge < -0.3 is 31.7 Å². The summed E-state index contributed by atoms with van der Waals surface area (Å²) in [5, 5.41) is 13.7. The van der Waals surface area contributed by atoms with Gasteiger partial charge >= 0.3 is 0 Å². The molecule has 0 saturated heterocycles. The van der Waals surface area contributed by atoms with Gasteiger partial charge in [0.15, 0.2) is 23.6 Å². The van der Waals surface area contributed by atoms with Gasteiger partial charge in [-0.05, 0) is 36.4 Å². The van der Waals surface area contributed by atoms with Gasteiger partial charge in [-0.15, -0.1) is 0 Å². The lowest BCUT2D eigenvalue weighted by Gasteiger charge is -2.28. The van der Waals surface area contributed by atoms with Crippen molar-refractivity contribution in [2.45, 2.75) is 0 Å². The summed E-state index contributed by atoms with van der Waals surface area (Å²) >= 11 is 0. The molecule has 6 heteroatoms. The van der Waals surface area contributed by atoms with Crippen molar-refractivity contribution in [1.82, 2.24) is 0 Å². The third kappa shape index (κ3) is 3.68. The van der Waals surface area contributed by atoms with E-state index in [1.807, 2.05) is 72.8 Å². The predicted octanol–water partition coefficient (Wildman–Crippen LogP) is -0.0399. The van der Waals surface area contributed by atoms with Gasteiger partial charge in [-0.2, -0.15) is 0 Å². The van der Waals surface area contributed by atoms with Crippen molar-refractivity contribution in [3.8, 4) is 17.2 Å². The maximum absolute atomic E-state index is 10.9. The average Bonchev–Trinajstić information content (AvgIpc) is 2.75. The Morgan fingerprint density at radius 1 is 0.607 bits per heavy atom. The largest absolute Gasteiger partial charge is 1.00 e. The summed E-state index contributed by atoms with van der Waals surface area (Å²) < 4.78 is 17.0. The fourth-order valence-corrected chi connectivity index (χ4v) is 7.34. The SMILES string of the molecule is COc1ccccc1[P+](CO)(c1ccccc1OC)c1ccccc1OC.[Cl-]. The molecule has 3 aromatic carbocycles. The van der Waals surface area contributed by atoms with Crippen molar-refractivity contribution in [2.75, 3.05) is 27.7 Å². The van der Waals surface area contributed by atoms with Gasteiger partial charge in [0.25, 0.3) is 0 Å². The van der Waals surface area contributed by atoms with Crippen LogP contribution in [0, 0.1) is 0 Å². The molecule has 0 atom stereocenters. The zero-order valence-electron chi connectivity index (χ0n) is 16.1. The molecule has 0 radical (unpaired) electrons. The van der Waals surface area contributed by atoms with Crippen molar-refractivity contribution < 1.29 is 31.7 Å². The molecule has 0 aromatic heterocycles. The van der Waals surface area contributed by atoms with Crippen LogP contribution in [0.5, 0.6) is 17.2 Å². The molecule has 0 aliphatic heterocycles. The van der Waals surface area contributed by atoms with Crippen LogP contribution in [0.15, 0.2) is 72.8 Å². The Kier molecular flexibility index (Phi) is 7.70. The average molecular weight is 419 g/mol. The molecular formula is C22H24ClO4P. The molecule has 0 unspecified atom stereocenters. The minimum Gasteiger partial charge on any atom is -1.00 e. The Balaban J connectivity index is 0.00000280. The highest BCUT2D eigenvalue weighted by atomic mass is 35.5. The van der Waals surface area contributed by atoms with E-state index in [2.05, 4.69) is 0 Å². The summed E-state index contributed by atoms with van der Waals surface area (Å²) in [5.74, 6) is 2.20. The number of benzene rings is 3. The third-order valence-electron chi connectivity index (χ3n) is 4.70. The van der Waals surface area contributed by atoms with E-state index in [0.717, 1.165) is 33.2 Å². The van der Waals surface area contributed by atoms with Crippen LogP contribution in [0.2, 0.25) is 0 Å². The molecule has 3 rings (SSSR count). The smallest absolute Gasteiger partial charge is 0.168 e. The third-order valence-corrected chi connectivity index (χ3v) is 8.70. The summed E-state index contributed by atoms with van der Waals surface area (Å²) in [6.07, 6.45) is -0.0753. The first-order valence-corrected chi connectivity index (χ1v) is 10.6. The first-order valence-electron chi connectivity index (χ1n) is 8.62. The molecule has 0 fully saturated rings. The van der Waals surface area contributed by atoms with Crippen LogP contribution in [-0.4, -0.2) is 32.8 Å². The summed E-state index contributed by atoms with van der Waals surface area (Å²) in [4.78, 5) is 0. The van der Waals surface area contributed by atoms with Gasteiger partial charge in [-0.1, -0.05) is 36.4 Å². The summed E-state index contributed by atoms with van der Waals surface area (Å²) in [6.45, 7) is 0. The van der Waals surface area contributed by atoms with E-state index in [1.54, 1.807) is 21.3 Å². The van der Waals surface area contributed by atoms with Gasteiger partial charge in [-0.25, -0.2) is 0 Å². The standard InChI is InChI=1S/C22H24O4P.ClH/c1-24-17-10-4-7-13-20(17)27(16-23,21-14-8-5-11-18(21)25-2)22-15-9-6-12-19(22)26-3;/h4-15,23H,16H2,1-3H3;1H/q+1;/p-1. The van der Waals surface area contributed by atoms with Gasteiger partial charge in [-0.3, -0.25) is 0 Å². The molecule has 0 spiro atoms. The molecule has 4 nitrogen and oxygen atoms in total. The van der Waals surface area contributed by atoms with E-state index in [-0.39, 0.29) is 18.8 Å². The number of hydrogen-bond donors (Lipinski definition) is 1. The number of aliphatic hydroxyl groups excluding tert-OH is 1. The Morgan fingerprint density at radius 3 is 1.14 bits per heavy atom. The summed E-state index contributed by atoms with van der Waals surface area (Å²) in [5.41, 5.74) is 0. The molecular weight excluding hydrogens is 395 g/mol. The molecule has 1 N–H and O–H groups in total. The minimum absolute atomic E-state index is 0. The maximum atomic E-state index is 10.9. The zero-order chi connectivity index (χ0) is 19.3. The van der Waals surface area contributed by atoms with Gasteiger partial charge in [0.2, 0.25) is 0 Å². The second-order valence-corrected chi connectivity index (χ2v) is 9.31. The first-order chi connectivity index (χ1) is 13.2. The Labute approximate surface area is 172 Å². The number of ether oxygens (including phenoxy) is 3. The van der Waals surface area contributed by atoms with Crippen LogP contribution in [0.3, 0.4) is 0 Å². The topological polar surface area (TPSA) is 47.9 Å². The normalized spacial score (nSPS) is 10.7. The zero-order valence-corrected chi connectivity index (χ0v) is 17.8. The number of rotatable bonds is 7. The van der Waals surface area contributed by atoms with Crippen LogP contribution in [0.25, 0.3) is 0 Å². The van der Waals surface area contributed by atoms with E-state index in [9.17, 15) is 5.11 Å². The second-order valence-electron chi connectivity index (χ2n) is 5.97. The fraction of sp³-hybridized carbons (Fsp3) is 0.182. The predicted molar refractivity (Wildman–Crippen MR) is 112 cm³/mol. The number of methoxy groups -OCH3 is 3. The van der Waals surface area contributed by atoms with Gasteiger partial charge in [0, 0.05) is 0 Å². The van der Waals surface area contributed by atoms with Crippen LogP contribution in [0.1, 0.15) is 0 Å². The second kappa shape index (κ2) is 9.79. The fourth-order valence-electron chi connectivity index (χ4n) is 3.45. The van der Waals surface area contributed by atoms with E-state index in [4.69, 9.17) is 14.2 Å². The van der Waals surface area contributed by atoms with E-state index in [0.29, 0.717) is 0 Å². The van der Waals surface area contributed by atoms with Crippen LogP contribution in [0.4, 0.5) is 0 Å². The molecule has 3 aromatic rings. The van der Waals surface area contributed by atoms with Crippen LogP contribution < -0.4 is 42.5 Å². The van der Waals surface area contributed by atoms with Crippen molar-refractivity contribution in [3.05, 3.63) is 72.8 Å². The van der Waals surface area contributed by atoms with Gasteiger partial charge in [0.05, 0.1) is 21.3 Å². The highest BCUT2D eigenvalue weighted by molar-refractivity contribution is 7.96. The molecule has 148 valence electrons. The van der Waals surface area contributed by atoms with E-state index >= 15 is 0 Å². The van der Waals surface area contributed by atoms with Crippen LogP contribution in [-0.2, 0) is 0 Å². The molecule has 0 amide bonds. The summed E-state index contributed by atoms with van der Waals surface area (Å²) in [6, 6.07) is 23.5. The molecule has 0 bridgehead atoms. The van der Waals surface area contributed by atoms with Crippen LogP contribution >= 0.6 is 7.26 Å². The van der Waals surface area contributed by atoms with E-state index in [1.165, 1.54) is 0 Å². The van der Waals surface area contributed by atoms with Crippen molar-refractivity contribution in [1.29, 1.82) is 0 Å². The molecule has 0 heterocycles. The number of aliphatic hydroxyl groups is 1.